The van der Waals surface area contributed by atoms with Crippen molar-refractivity contribution in [3.8, 4) is 5.75 Å². The number of phenols is 1. The fourth-order valence-electron chi connectivity index (χ4n) is 2.88. The maximum Gasteiger partial charge on any atom is 0.329 e. The van der Waals surface area contributed by atoms with Crippen LogP contribution in [0.3, 0.4) is 0 Å². The van der Waals surface area contributed by atoms with E-state index in [-0.39, 0.29) is 5.75 Å². The number of carbonyl (C=O) groups excluding carboxylic acids is 1. The second-order valence-electron chi connectivity index (χ2n) is 5.99. The Morgan fingerprint density at radius 3 is 2.74 bits per heavy atom. The van der Waals surface area contributed by atoms with E-state index < -0.39 is 23.2 Å². The lowest BCUT2D eigenvalue weighted by Gasteiger charge is -2.19. The number of anilines is 1. The van der Waals surface area contributed by atoms with Gasteiger partial charge in [0.1, 0.15) is 11.8 Å². The number of rotatable bonds is 6. The van der Waals surface area contributed by atoms with E-state index in [2.05, 4.69) is 10.3 Å². The maximum atomic E-state index is 12.9. The molecular weight excluding hydrogens is 366 g/mol. The molecule has 0 fully saturated rings. The molecule has 8 heteroatoms. The van der Waals surface area contributed by atoms with Gasteiger partial charge in [0.15, 0.2) is 0 Å². The first-order chi connectivity index (χ1) is 13.0. The third-order valence-corrected chi connectivity index (χ3v) is 4.80. The lowest BCUT2D eigenvalue weighted by molar-refractivity contribution is -0.119. The number of fused-ring (bicyclic) bond motifs is 1. The van der Waals surface area contributed by atoms with Crippen LogP contribution >= 0.6 is 11.8 Å². The van der Waals surface area contributed by atoms with Crippen molar-refractivity contribution >= 4 is 34.3 Å². The summed E-state index contributed by atoms with van der Waals surface area (Å²) >= 11 is 1.52. The Hall–Kier alpha value is -3.00. The van der Waals surface area contributed by atoms with Crippen molar-refractivity contribution in [2.45, 2.75) is 12.5 Å². The topological polar surface area (TPSA) is 104 Å². The largest absolute Gasteiger partial charge is 0.508 e. The summed E-state index contributed by atoms with van der Waals surface area (Å²) < 4.78 is 0.969. The molecule has 1 amide bonds. The second kappa shape index (κ2) is 8.13. The molecule has 1 unspecified atom stereocenters. The molecule has 2 aromatic carbocycles. The summed E-state index contributed by atoms with van der Waals surface area (Å²) in [7, 11) is 0. The number of nitrogens with one attached hydrogen (secondary N) is 2. The summed E-state index contributed by atoms with van der Waals surface area (Å²) in [5, 5.41) is 12.6. The molecule has 7 nitrogen and oxygen atoms in total. The van der Waals surface area contributed by atoms with E-state index in [0.29, 0.717) is 28.8 Å². The minimum Gasteiger partial charge on any atom is -0.508 e. The van der Waals surface area contributed by atoms with Crippen molar-refractivity contribution in [2.24, 2.45) is 0 Å². The van der Waals surface area contributed by atoms with Crippen molar-refractivity contribution in [3.05, 3.63) is 69.4 Å². The predicted octanol–water partition coefficient (Wildman–Crippen LogP) is 2.33. The van der Waals surface area contributed by atoms with E-state index in [9.17, 15) is 19.5 Å². The third-order valence-electron chi connectivity index (χ3n) is 4.16. The number of thioether (sulfide) groups is 1. The molecular formula is C19H19N3O4S. The highest BCUT2D eigenvalue weighted by atomic mass is 32.2. The fraction of sp³-hybridized carbons (Fsp3) is 0.211. The Kier molecular flexibility index (Phi) is 5.66. The number of benzene rings is 2. The second-order valence-corrected chi connectivity index (χ2v) is 6.97. The summed E-state index contributed by atoms with van der Waals surface area (Å²) in [6.45, 7) is 0. The first-order valence-electron chi connectivity index (χ1n) is 8.33. The molecule has 0 aliphatic rings. The van der Waals surface area contributed by atoms with Crippen LogP contribution in [0.2, 0.25) is 0 Å². The van der Waals surface area contributed by atoms with Gasteiger partial charge in [-0.2, -0.15) is 11.8 Å². The lowest BCUT2D eigenvalue weighted by atomic mass is 10.1. The van der Waals surface area contributed by atoms with E-state index in [4.69, 9.17) is 0 Å². The Bertz CT molecular complexity index is 1090. The number of phenolic OH excluding ortho intramolecular Hbond substituents is 1. The normalized spacial score (nSPS) is 12.0. The zero-order chi connectivity index (χ0) is 19.4. The number of hydrogen-bond donors (Lipinski definition) is 3. The minimum absolute atomic E-state index is 0.00850. The number of hydrogen-bond acceptors (Lipinski definition) is 5. The highest BCUT2D eigenvalue weighted by Gasteiger charge is 2.24. The molecule has 1 aromatic heterocycles. The molecule has 0 saturated heterocycles. The average molecular weight is 385 g/mol. The molecule has 3 rings (SSSR count). The van der Waals surface area contributed by atoms with E-state index in [1.165, 1.54) is 23.9 Å². The van der Waals surface area contributed by atoms with Crippen LogP contribution in [0.1, 0.15) is 12.5 Å². The lowest BCUT2D eigenvalue weighted by Crippen LogP contribution is -2.42. The summed E-state index contributed by atoms with van der Waals surface area (Å²) in [6.07, 6.45) is 2.20. The van der Waals surface area contributed by atoms with Crippen molar-refractivity contribution < 1.29 is 9.90 Å². The van der Waals surface area contributed by atoms with E-state index in [1.807, 2.05) is 6.26 Å². The summed E-state index contributed by atoms with van der Waals surface area (Å²) in [6, 6.07) is 11.8. The predicted molar refractivity (Wildman–Crippen MR) is 108 cm³/mol. The van der Waals surface area contributed by atoms with Crippen LogP contribution in [0.4, 0.5) is 5.69 Å². The molecule has 0 aliphatic heterocycles. The third kappa shape index (κ3) is 4.06. The Balaban J connectivity index is 2.04. The van der Waals surface area contributed by atoms with Gasteiger partial charge in [-0.15, -0.1) is 0 Å². The summed E-state index contributed by atoms with van der Waals surface area (Å²) in [4.78, 5) is 41.0. The van der Waals surface area contributed by atoms with Gasteiger partial charge in [-0.05, 0) is 42.7 Å². The van der Waals surface area contributed by atoms with Crippen molar-refractivity contribution in [1.29, 1.82) is 0 Å². The number of nitrogens with zero attached hydrogens (tertiary/aromatic N) is 1. The van der Waals surface area contributed by atoms with Crippen molar-refractivity contribution in [2.75, 3.05) is 17.3 Å². The van der Waals surface area contributed by atoms with Gasteiger partial charge in [-0.25, -0.2) is 9.36 Å². The zero-order valence-electron chi connectivity index (χ0n) is 14.6. The van der Waals surface area contributed by atoms with Gasteiger partial charge in [0, 0.05) is 11.8 Å². The standard InChI is InChI=1S/C19H19N3O4S/c1-27-10-9-16(17(24)20-12-5-4-6-13(23)11-12)22-18(25)14-7-2-3-8-15(14)21-19(22)26/h2-8,11,16,23H,9-10H2,1H3,(H,20,24)(H,21,26). The average Bonchev–Trinajstić information content (AvgIpc) is 2.64. The molecule has 0 saturated carbocycles. The van der Waals surface area contributed by atoms with Gasteiger partial charge in [0.05, 0.1) is 10.9 Å². The number of carbonyl (C=O) groups is 1. The molecule has 0 bridgehead atoms. The Labute approximate surface area is 159 Å². The maximum absolute atomic E-state index is 12.9. The molecule has 3 N–H and O–H groups in total. The van der Waals surface area contributed by atoms with Crippen LogP contribution < -0.4 is 16.6 Å². The first kappa shape index (κ1) is 18.8. The van der Waals surface area contributed by atoms with Crippen LogP contribution in [-0.2, 0) is 4.79 Å². The monoisotopic (exact) mass is 385 g/mol. The molecule has 0 spiro atoms. The highest BCUT2D eigenvalue weighted by Crippen LogP contribution is 2.19. The molecule has 0 aliphatic carbocycles. The number of para-hydroxylation sites is 1. The molecule has 0 radical (unpaired) electrons. The van der Waals surface area contributed by atoms with Gasteiger partial charge in [0.2, 0.25) is 5.91 Å². The van der Waals surface area contributed by atoms with E-state index >= 15 is 0 Å². The van der Waals surface area contributed by atoms with Crippen molar-refractivity contribution in [3.63, 3.8) is 0 Å². The first-order valence-corrected chi connectivity index (χ1v) is 9.73. The molecule has 140 valence electrons. The number of amides is 1. The Morgan fingerprint density at radius 2 is 2.00 bits per heavy atom. The van der Waals surface area contributed by atoms with Gasteiger partial charge < -0.3 is 15.4 Å². The molecule has 1 atom stereocenters. The fourth-order valence-corrected chi connectivity index (χ4v) is 3.33. The van der Waals surface area contributed by atoms with Gasteiger partial charge in [-0.1, -0.05) is 18.2 Å². The summed E-state index contributed by atoms with van der Waals surface area (Å²) in [5.74, 6) is 0.114. The van der Waals surface area contributed by atoms with Crippen LogP contribution in [-0.4, -0.2) is 32.6 Å². The van der Waals surface area contributed by atoms with E-state index in [0.717, 1.165) is 4.57 Å². The van der Waals surface area contributed by atoms with Crippen LogP contribution in [0.25, 0.3) is 10.9 Å². The zero-order valence-corrected chi connectivity index (χ0v) is 15.5. The molecule has 3 aromatic rings. The van der Waals surface area contributed by atoms with E-state index in [1.54, 1.807) is 36.4 Å². The van der Waals surface area contributed by atoms with Gasteiger partial charge >= 0.3 is 5.69 Å². The highest BCUT2D eigenvalue weighted by molar-refractivity contribution is 7.98. The van der Waals surface area contributed by atoms with Crippen molar-refractivity contribution in [1.82, 2.24) is 9.55 Å². The number of aromatic nitrogens is 2. The minimum atomic E-state index is -0.972. The van der Waals surface area contributed by atoms with Gasteiger partial charge in [-0.3, -0.25) is 9.59 Å². The quantitative estimate of drug-likeness (QED) is 0.604. The summed E-state index contributed by atoms with van der Waals surface area (Å²) in [5.41, 5.74) is -0.317. The SMILES string of the molecule is CSCCC(C(=O)Nc1cccc(O)c1)n1c(=O)[nH]c2ccccc2c1=O. The number of aromatic amines is 1. The number of aromatic hydroxyl groups is 1. The smallest absolute Gasteiger partial charge is 0.329 e. The van der Waals surface area contributed by atoms with Crippen LogP contribution in [0.15, 0.2) is 58.1 Å². The van der Waals surface area contributed by atoms with Crippen LogP contribution in [0, 0.1) is 0 Å². The number of H-pyrrole nitrogens is 1. The van der Waals surface area contributed by atoms with Gasteiger partial charge in [0.25, 0.3) is 5.56 Å². The Morgan fingerprint density at radius 1 is 1.22 bits per heavy atom. The molecule has 1 heterocycles. The molecule has 27 heavy (non-hydrogen) atoms. The van der Waals surface area contributed by atoms with Crippen LogP contribution in [0.5, 0.6) is 5.75 Å².